The third-order valence-corrected chi connectivity index (χ3v) is 5.65. The number of ether oxygens (including phenoxy) is 1. The van der Waals surface area contributed by atoms with E-state index in [4.69, 9.17) is 9.15 Å². The number of methoxy groups -OCH3 is 1. The minimum absolute atomic E-state index is 0.0110. The second-order valence-electron chi connectivity index (χ2n) is 7.96. The molecule has 5 nitrogen and oxygen atoms in total. The van der Waals surface area contributed by atoms with Crippen LogP contribution in [0.25, 0.3) is 16.5 Å². The summed E-state index contributed by atoms with van der Waals surface area (Å²) in [5.41, 5.74) is 3.28. The number of carbonyl (C=O) groups is 1. The summed E-state index contributed by atoms with van der Waals surface area (Å²) < 4.78 is 10.7. The molecule has 2 aromatic carbocycles. The van der Waals surface area contributed by atoms with Crippen LogP contribution in [0.5, 0.6) is 5.75 Å². The van der Waals surface area contributed by atoms with Crippen LogP contribution in [-0.2, 0) is 0 Å². The van der Waals surface area contributed by atoms with E-state index in [1.165, 1.54) is 7.11 Å². The molecular formula is C24H23NO4. The lowest BCUT2D eigenvalue weighted by atomic mass is 9.88. The predicted molar refractivity (Wildman–Crippen MR) is 115 cm³/mol. The van der Waals surface area contributed by atoms with Gasteiger partial charge in [-0.1, -0.05) is 18.2 Å². The van der Waals surface area contributed by atoms with Crippen LogP contribution in [0.4, 0.5) is 5.69 Å². The van der Waals surface area contributed by atoms with Gasteiger partial charge in [0.15, 0.2) is 0 Å². The zero-order chi connectivity index (χ0) is 20.9. The first-order chi connectivity index (χ1) is 13.7. The Balaban J connectivity index is 1.87. The monoisotopic (exact) mass is 389 g/mol. The van der Waals surface area contributed by atoms with Crippen LogP contribution >= 0.6 is 0 Å². The van der Waals surface area contributed by atoms with Crippen LogP contribution in [0.3, 0.4) is 0 Å². The maximum Gasteiger partial charge on any atom is 0.347 e. The Bertz CT molecular complexity index is 1230. The molecule has 0 radical (unpaired) electrons. The van der Waals surface area contributed by atoms with Crippen molar-refractivity contribution < 1.29 is 13.9 Å². The van der Waals surface area contributed by atoms with Gasteiger partial charge in [-0.25, -0.2) is 4.79 Å². The van der Waals surface area contributed by atoms with Gasteiger partial charge in [0.1, 0.15) is 16.9 Å². The first-order valence-electron chi connectivity index (χ1n) is 9.45. The summed E-state index contributed by atoms with van der Waals surface area (Å²) in [5, 5.41) is 0.718. The molecule has 0 bridgehead atoms. The van der Waals surface area contributed by atoms with Crippen molar-refractivity contribution >= 4 is 28.0 Å². The topological polar surface area (TPSA) is 59.8 Å². The van der Waals surface area contributed by atoms with E-state index in [0.717, 1.165) is 22.2 Å². The number of hydrogen-bond acceptors (Lipinski definition) is 5. The predicted octanol–water partition coefficient (Wildman–Crippen LogP) is 4.66. The highest BCUT2D eigenvalue weighted by Crippen LogP contribution is 2.39. The molecule has 4 rings (SSSR count). The fraction of sp³-hybridized carbons (Fsp3) is 0.250. The number of carbonyl (C=O) groups excluding carboxylic acids is 1. The zero-order valence-corrected chi connectivity index (χ0v) is 17.2. The average Bonchev–Trinajstić information content (AvgIpc) is 2.70. The second kappa shape index (κ2) is 6.62. The van der Waals surface area contributed by atoms with E-state index in [-0.39, 0.29) is 16.9 Å². The Hall–Kier alpha value is -3.34. The Labute approximate surface area is 169 Å². The molecule has 0 unspecified atom stereocenters. The lowest BCUT2D eigenvalue weighted by molar-refractivity contribution is 0.103. The van der Waals surface area contributed by atoms with E-state index >= 15 is 0 Å². The molecule has 1 aliphatic rings. The Morgan fingerprint density at radius 1 is 1.14 bits per heavy atom. The molecule has 5 heteroatoms. The Morgan fingerprint density at radius 2 is 1.90 bits per heavy atom. The van der Waals surface area contributed by atoms with Gasteiger partial charge in [0.05, 0.1) is 12.6 Å². The van der Waals surface area contributed by atoms with Crippen LogP contribution in [0.2, 0.25) is 0 Å². The fourth-order valence-corrected chi connectivity index (χ4v) is 3.84. The van der Waals surface area contributed by atoms with Crippen molar-refractivity contribution in [1.29, 1.82) is 0 Å². The van der Waals surface area contributed by atoms with Crippen LogP contribution in [0.1, 0.15) is 42.3 Å². The highest BCUT2D eigenvalue weighted by Gasteiger charge is 2.29. The van der Waals surface area contributed by atoms with E-state index in [2.05, 4.69) is 31.7 Å². The van der Waals surface area contributed by atoms with Crippen molar-refractivity contribution in [2.75, 3.05) is 19.1 Å². The fourth-order valence-electron chi connectivity index (χ4n) is 3.84. The van der Waals surface area contributed by atoms with Gasteiger partial charge in [0.2, 0.25) is 5.78 Å². The van der Waals surface area contributed by atoms with Gasteiger partial charge in [0, 0.05) is 35.3 Å². The van der Waals surface area contributed by atoms with E-state index < -0.39 is 5.63 Å². The number of ketones is 1. The Kier molecular flexibility index (Phi) is 4.34. The minimum Gasteiger partial charge on any atom is -0.497 e. The first-order valence-corrected chi connectivity index (χ1v) is 9.45. The molecule has 29 heavy (non-hydrogen) atoms. The van der Waals surface area contributed by atoms with Gasteiger partial charge in [-0.15, -0.1) is 0 Å². The van der Waals surface area contributed by atoms with E-state index in [1.807, 2.05) is 19.2 Å². The maximum absolute atomic E-state index is 12.9. The highest BCUT2D eigenvalue weighted by molar-refractivity contribution is 6.10. The number of anilines is 1. The molecule has 1 aromatic heterocycles. The van der Waals surface area contributed by atoms with Crippen molar-refractivity contribution in [2.24, 2.45) is 0 Å². The molecule has 0 aliphatic carbocycles. The van der Waals surface area contributed by atoms with Crippen molar-refractivity contribution in [3.05, 3.63) is 75.7 Å². The SMILES string of the molecule is COc1cccc(C(=O)c2cc3cc4c(cc3oc2=O)N(C)C(C)(C)C=C4C)c1. The van der Waals surface area contributed by atoms with Crippen LogP contribution in [0.15, 0.2) is 57.8 Å². The van der Waals surface area contributed by atoms with E-state index in [9.17, 15) is 9.59 Å². The molecule has 0 saturated carbocycles. The van der Waals surface area contributed by atoms with Crippen LogP contribution < -0.4 is 15.3 Å². The van der Waals surface area contributed by atoms with Gasteiger partial charge < -0.3 is 14.1 Å². The summed E-state index contributed by atoms with van der Waals surface area (Å²) in [6.45, 7) is 6.34. The number of likely N-dealkylation sites (N-methyl/N-ethyl adjacent to an activating group) is 1. The normalized spacial score (nSPS) is 15.1. The largest absolute Gasteiger partial charge is 0.497 e. The first kappa shape index (κ1) is 19.0. The van der Waals surface area contributed by atoms with Gasteiger partial charge in [0.25, 0.3) is 0 Å². The molecule has 0 saturated heterocycles. The summed E-state index contributed by atoms with van der Waals surface area (Å²) in [7, 11) is 3.55. The third-order valence-electron chi connectivity index (χ3n) is 5.65. The lowest BCUT2D eigenvalue weighted by Crippen LogP contribution is -2.42. The van der Waals surface area contributed by atoms with Gasteiger partial charge in [-0.2, -0.15) is 0 Å². The quantitative estimate of drug-likeness (QED) is 0.481. The summed E-state index contributed by atoms with van der Waals surface area (Å²) in [5.74, 6) is 0.171. The molecule has 0 atom stereocenters. The minimum atomic E-state index is -0.643. The van der Waals surface area contributed by atoms with Crippen LogP contribution in [-0.4, -0.2) is 25.5 Å². The average molecular weight is 389 g/mol. The molecule has 0 N–H and O–H groups in total. The van der Waals surface area contributed by atoms with Gasteiger partial charge >= 0.3 is 5.63 Å². The standard InChI is InChI=1S/C24H23NO4/c1-14-13-24(2,3)25(4)20-12-21-16(10-18(14)20)11-19(23(27)29-21)22(26)15-7-6-8-17(9-15)28-5/h6-13H,1-5H3. The number of nitrogens with zero attached hydrogens (tertiary/aromatic N) is 1. The van der Waals surface area contributed by atoms with E-state index in [0.29, 0.717) is 16.9 Å². The number of allylic oxidation sites excluding steroid dienone is 1. The smallest absolute Gasteiger partial charge is 0.347 e. The maximum atomic E-state index is 12.9. The third kappa shape index (κ3) is 3.12. The van der Waals surface area contributed by atoms with Crippen molar-refractivity contribution in [1.82, 2.24) is 0 Å². The van der Waals surface area contributed by atoms with Gasteiger partial charge in [-0.3, -0.25) is 4.79 Å². The van der Waals surface area contributed by atoms with Crippen LogP contribution in [0, 0.1) is 0 Å². The molecule has 148 valence electrons. The Morgan fingerprint density at radius 3 is 2.62 bits per heavy atom. The molecule has 0 fully saturated rings. The number of rotatable bonds is 3. The lowest BCUT2D eigenvalue weighted by Gasteiger charge is -2.40. The molecule has 1 aliphatic heterocycles. The number of benzene rings is 2. The summed E-state index contributed by atoms with van der Waals surface area (Å²) >= 11 is 0. The summed E-state index contributed by atoms with van der Waals surface area (Å²) in [6, 6.07) is 12.2. The van der Waals surface area contributed by atoms with Crippen molar-refractivity contribution in [3.8, 4) is 5.75 Å². The molecular weight excluding hydrogens is 366 g/mol. The van der Waals surface area contributed by atoms with E-state index in [1.54, 1.807) is 30.3 Å². The number of hydrogen-bond donors (Lipinski definition) is 0. The summed E-state index contributed by atoms with van der Waals surface area (Å²) in [6.07, 6.45) is 2.21. The second-order valence-corrected chi connectivity index (χ2v) is 7.96. The van der Waals surface area contributed by atoms with Crippen molar-refractivity contribution in [3.63, 3.8) is 0 Å². The highest BCUT2D eigenvalue weighted by atomic mass is 16.5. The molecule has 2 heterocycles. The molecule has 0 amide bonds. The number of fused-ring (bicyclic) bond motifs is 2. The molecule has 3 aromatic rings. The zero-order valence-electron chi connectivity index (χ0n) is 17.2. The van der Waals surface area contributed by atoms with Crippen molar-refractivity contribution in [2.45, 2.75) is 26.3 Å². The molecule has 0 spiro atoms. The summed E-state index contributed by atoms with van der Waals surface area (Å²) in [4.78, 5) is 27.7. The van der Waals surface area contributed by atoms with Gasteiger partial charge in [-0.05, 0) is 50.6 Å².